The number of benzene rings is 1. The summed E-state index contributed by atoms with van der Waals surface area (Å²) in [7, 11) is 0. The van der Waals surface area contributed by atoms with Crippen LogP contribution < -0.4 is 0 Å². The molecule has 2 aromatic rings. The number of aliphatic hydroxyl groups is 1. The van der Waals surface area contributed by atoms with E-state index in [4.69, 9.17) is 0 Å². The van der Waals surface area contributed by atoms with Crippen molar-refractivity contribution in [2.24, 2.45) is 0 Å². The second kappa shape index (κ2) is 6.66. The quantitative estimate of drug-likeness (QED) is 0.919. The SMILES string of the molecule is Cc1cc(C(=O)N(Cc2ccccc2)CC(C)(C)O)ncn1. The van der Waals surface area contributed by atoms with Gasteiger partial charge in [0.15, 0.2) is 0 Å². The van der Waals surface area contributed by atoms with Gasteiger partial charge in [0.25, 0.3) is 5.91 Å². The molecular weight excluding hydrogens is 278 g/mol. The first-order chi connectivity index (χ1) is 10.3. The number of nitrogens with zero attached hydrogens (tertiary/aromatic N) is 3. The van der Waals surface area contributed by atoms with Gasteiger partial charge in [-0.2, -0.15) is 0 Å². The Labute approximate surface area is 130 Å². The smallest absolute Gasteiger partial charge is 0.272 e. The van der Waals surface area contributed by atoms with Crippen LogP contribution in [0.4, 0.5) is 0 Å². The molecule has 0 bridgehead atoms. The van der Waals surface area contributed by atoms with Crippen LogP contribution in [0.5, 0.6) is 0 Å². The number of carbonyl (C=O) groups excluding carboxylic acids is 1. The fraction of sp³-hybridized carbons (Fsp3) is 0.353. The van der Waals surface area contributed by atoms with E-state index < -0.39 is 5.60 Å². The van der Waals surface area contributed by atoms with Gasteiger partial charge in [-0.05, 0) is 32.4 Å². The summed E-state index contributed by atoms with van der Waals surface area (Å²) in [5.41, 5.74) is 1.10. The zero-order valence-corrected chi connectivity index (χ0v) is 13.2. The molecule has 22 heavy (non-hydrogen) atoms. The Morgan fingerprint density at radius 2 is 1.91 bits per heavy atom. The molecule has 0 atom stereocenters. The third-order valence-electron chi connectivity index (χ3n) is 3.10. The van der Waals surface area contributed by atoms with Crippen LogP contribution in [0.25, 0.3) is 0 Å². The molecule has 0 saturated heterocycles. The zero-order valence-electron chi connectivity index (χ0n) is 13.2. The van der Waals surface area contributed by atoms with Crippen molar-refractivity contribution in [1.29, 1.82) is 0 Å². The lowest BCUT2D eigenvalue weighted by Crippen LogP contribution is -2.42. The second-order valence-corrected chi connectivity index (χ2v) is 6.00. The average Bonchev–Trinajstić information content (AvgIpc) is 2.45. The molecule has 0 unspecified atom stereocenters. The first-order valence-corrected chi connectivity index (χ1v) is 7.19. The first kappa shape index (κ1) is 16.1. The Balaban J connectivity index is 2.25. The molecule has 0 saturated carbocycles. The Morgan fingerprint density at radius 3 is 2.50 bits per heavy atom. The summed E-state index contributed by atoms with van der Waals surface area (Å²) in [6.07, 6.45) is 1.38. The van der Waals surface area contributed by atoms with Gasteiger partial charge in [-0.15, -0.1) is 0 Å². The summed E-state index contributed by atoms with van der Waals surface area (Å²) in [6.45, 7) is 5.83. The van der Waals surface area contributed by atoms with E-state index in [1.807, 2.05) is 37.3 Å². The molecule has 2 rings (SSSR count). The predicted molar refractivity (Wildman–Crippen MR) is 84.2 cm³/mol. The van der Waals surface area contributed by atoms with Gasteiger partial charge in [-0.3, -0.25) is 4.79 Å². The highest BCUT2D eigenvalue weighted by atomic mass is 16.3. The number of amides is 1. The highest BCUT2D eigenvalue weighted by Gasteiger charge is 2.24. The molecule has 0 aliphatic carbocycles. The molecule has 5 nitrogen and oxygen atoms in total. The van der Waals surface area contributed by atoms with Gasteiger partial charge < -0.3 is 10.0 Å². The molecular formula is C17H21N3O2. The maximum atomic E-state index is 12.7. The van der Waals surface area contributed by atoms with Crippen molar-refractivity contribution in [2.45, 2.75) is 32.9 Å². The number of aryl methyl sites for hydroxylation is 1. The molecule has 0 radical (unpaired) electrons. The molecule has 116 valence electrons. The number of hydrogen-bond acceptors (Lipinski definition) is 4. The summed E-state index contributed by atoms with van der Waals surface area (Å²) in [5, 5.41) is 10.1. The van der Waals surface area contributed by atoms with Crippen LogP contribution in [0, 0.1) is 6.92 Å². The van der Waals surface area contributed by atoms with Gasteiger partial charge in [0.05, 0.1) is 5.60 Å². The Hall–Kier alpha value is -2.27. The largest absolute Gasteiger partial charge is 0.389 e. The fourth-order valence-corrected chi connectivity index (χ4v) is 2.20. The van der Waals surface area contributed by atoms with Crippen LogP contribution >= 0.6 is 0 Å². The number of aromatic nitrogens is 2. The summed E-state index contributed by atoms with van der Waals surface area (Å²) >= 11 is 0. The summed E-state index contributed by atoms with van der Waals surface area (Å²) in [4.78, 5) is 22.4. The Kier molecular flexibility index (Phi) is 4.88. The standard InChI is InChI=1S/C17H21N3O2/c1-13-9-15(19-12-18-13)16(21)20(11-17(2,3)22)10-14-7-5-4-6-8-14/h4-9,12,22H,10-11H2,1-3H3. The number of hydrogen-bond donors (Lipinski definition) is 1. The summed E-state index contributed by atoms with van der Waals surface area (Å²) < 4.78 is 0. The van der Waals surface area contributed by atoms with Crippen molar-refractivity contribution in [1.82, 2.24) is 14.9 Å². The predicted octanol–water partition coefficient (Wildman–Crippen LogP) is 2.20. The molecule has 1 N–H and O–H groups in total. The van der Waals surface area contributed by atoms with Crippen LogP contribution in [0.15, 0.2) is 42.7 Å². The summed E-state index contributed by atoms with van der Waals surface area (Å²) in [5.74, 6) is -0.212. The van der Waals surface area contributed by atoms with Crippen LogP contribution in [-0.4, -0.2) is 38.0 Å². The molecule has 0 fully saturated rings. The normalized spacial score (nSPS) is 11.3. The van der Waals surface area contributed by atoms with Crippen molar-refractivity contribution in [3.8, 4) is 0 Å². The third kappa shape index (κ3) is 4.63. The molecule has 0 spiro atoms. The van der Waals surface area contributed by atoms with Crippen LogP contribution in [-0.2, 0) is 6.54 Å². The Morgan fingerprint density at radius 1 is 1.23 bits per heavy atom. The van der Waals surface area contributed by atoms with E-state index in [0.29, 0.717) is 12.2 Å². The van der Waals surface area contributed by atoms with Crippen molar-refractivity contribution < 1.29 is 9.90 Å². The highest BCUT2D eigenvalue weighted by Crippen LogP contribution is 2.13. The number of rotatable bonds is 5. The van der Waals surface area contributed by atoms with E-state index in [0.717, 1.165) is 11.3 Å². The van der Waals surface area contributed by atoms with Gasteiger partial charge >= 0.3 is 0 Å². The van der Waals surface area contributed by atoms with Crippen molar-refractivity contribution in [2.75, 3.05) is 6.54 Å². The fourth-order valence-electron chi connectivity index (χ4n) is 2.20. The van der Waals surface area contributed by atoms with Gasteiger partial charge in [-0.1, -0.05) is 30.3 Å². The van der Waals surface area contributed by atoms with Gasteiger partial charge in [0.2, 0.25) is 0 Å². The molecule has 0 aliphatic rings. The molecule has 1 aromatic heterocycles. The van der Waals surface area contributed by atoms with Gasteiger partial charge in [0, 0.05) is 18.8 Å². The van der Waals surface area contributed by atoms with E-state index in [-0.39, 0.29) is 12.5 Å². The van der Waals surface area contributed by atoms with E-state index in [9.17, 15) is 9.90 Å². The molecule has 1 amide bonds. The van der Waals surface area contributed by atoms with Crippen molar-refractivity contribution in [3.63, 3.8) is 0 Å². The molecule has 1 aromatic carbocycles. The van der Waals surface area contributed by atoms with Crippen molar-refractivity contribution >= 4 is 5.91 Å². The lowest BCUT2D eigenvalue weighted by Gasteiger charge is -2.29. The lowest BCUT2D eigenvalue weighted by atomic mass is 10.1. The maximum Gasteiger partial charge on any atom is 0.272 e. The average molecular weight is 299 g/mol. The minimum Gasteiger partial charge on any atom is -0.389 e. The van der Waals surface area contributed by atoms with E-state index in [1.54, 1.807) is 24.8 Å². The zero-order chi connectivity index (χ0) is 16.2. The van der Waals surface area contributed by atoms with E-state index >= 15 is 0 Å². The van der Waals surface area contributed by atoms with Crippen LogP contribution in [0.3, 0.4) is 0 Å². The topological polar surface area (TPSA) is 66.3 Å². The van der Waals surface area contributed by atoms with Crippen molar-refractivity contribution in [3.05, 3.63) is 59.7 Å². The minimum atomic E-state index is -0.980. The molecule has 5 heteroatoms. The summed E-state index contributed by atoms with van der Waals surface area (Å²) in [6, 6.07) is 11.4. The van der Waals surface area contributed by atoms with Crippen LogP contribution in [0.2, 0.25) is 0 Å². The second-order valence-electron chi connectivity index (χ2n) is 6.00. The third-order valence-corrected chi connectivity index (χ3v) is 3.10. The molecule has 0 aliphatic heterocycles. The van der Waals surface area contributed by atoms with E-state index in [1.165, 1.54) is 6.33 Å². The van der Waals surface area contributed by atoms with E-state index in [2.05, 4.69) is 9.97 Å². The highest BCUT2D eigenvalue weighted by molar-refractivity contribution is 5.92. The molecule has 1 heterocycles. The first-order valence-electron chi connectivity index (χ1n) is 7.19. The van der Waals surface area contributed by atoms with Gasteiger partial charge in [0.1, 0.15) is 12.0 Å². The number of carbonyl (C=O) groups is 1. The monoisotopic (exact) mass is 299 g/mol. The minimum absolute atomic E-state index is 0.212. The maximum absolute atomic E-state index is 12.7. The Bertz CT molecular complexity index is 636. The van der Waals surface area contributed by atoms with Crippen LogP contribution in [0.1, 0.15) is 35.6 Å². The van der Waals surface area contributed by atoms with Gasteiger partial charge in [-0.25, -0.2) is 9.97 Å². The lowest BCUT2D eigenvalue weighted by molar-refractivity contribution is 0.0277.